The van der Waals surface area contributed by atoms with E-state index in [1.807, 2.05) is 0 Å². The lowest BCUT2D eigenvalue weighted by Gasteiger charge is -2.24. The fourth-order valence-electron chi connectivity index (χ4n) is 2.95. The first kappa shape index (κ1) is 15.5. The lowest BCUT2D eigenvalue weighted by molar-refractivity contribution is -0.147. The largest absolute Gasteiger partial charge is 0.465 e. The number of cyclic esters (lactones) is 1. The average Bonchev–Trinajstić information content (AvgIpc) is 2.73. The maximum Gasteiger partial charge on any atom is 0.312 e. The van der Waals surface area contributed by atoms with E-state index in [2.05, 4.69) is 13.8 Å². The van der Waals surface area contributed by atoms with Crippen molar-refractivity contribution < 1.29 is 9.53 Å². The Kier molecular flexibility index (Phi) is 7.38. The summed E-state index contributed by atoms with van der Waals surface area (Å²) < 4.78 is 5.24. The van der Waals surface area contributed by atoms with Crippen LogP contribution < -0.4 is 0 Å². The molecule has 18 heavy (non-hydrogen) atoms. The van der Waals surface area contributed by atoms with Gasteiger partial charge in [-0.25, -0.2) is 0 Å². The quantitative estimate of drug-likeness (QED) is 0.411. The van der Waals surface area contributed by atoms with Gasteiger partial charge in [0.25, 0.3) is 0 Å². The van der Waals surface area contributed by atoms with Gasteiger partial charge in [-0.15, -0.1) is 0 Å². The third-order valence-electron chi connectivity index (χ3n) is 4.26. The summed E-state index contributed by atoms with van der Waals surface area (Å²) in [6.07, 6.45) is 13.1. The van der Waals surface area contributed by atoms with E-state index in [9.17, 15) is 4.79 Å². The van der Waals surface area contributed by atoms with E-state index >= 15 is 0 Å². The third kappa shape index (κ3) is 4.62. The standard InChI is InChI=1S/C16H30O2/c1-3-5-7-9-11-16(12-10-8-6-4-2)13-14-18-15(16)17/h3-14H2,1-2H3. The van der Waals surface area contributed by atoms with Gasteiger partial charge in [0.1, 0.15) is 0 Å². The number of hydrogen-bond donors (Lipinski definition) is 0. The molecule has 0 aromatic rings. The Hall–Kier alpha value is -0.530. The first-order valence-electron chi connectivity index (χ1n) is 7.92. The number of carbonyl (C=O) groups is 1. The van der Waals surface area contributed by atoms with Gasteiger partial charge in [-0.3, -0.25) is 4.79 Å². The molecule has 0 saturated carbocycles. The number of hydrogen-bond acceptors (Lipinski definition) is 2. The van der Waals surface area contributed by atoms with Crippen LogP contribution in [-0.2, 0) is 9.53 Å². The summed E-state index contributed by atoms with van der Waals surface area (Å²) in [7, 11) is 0. The second kappa shape index (κ2) is 8.55. The Morgan fingerprint density at radius 2 is 1.50 bits per heavy atom. The van der Waals surface area contributed by atoms with Crippen LogP contribution in [0.2, 0.25) is 0 Å². The molecule has 1 aliphatic rings. The fraction of sp³-hybridized carbons (Fsp3) is 0.938. The minimum absolute atomic E-state index is 0.0931. The molecule has 1 rings (SSSR count). The number of ether oxygens (including phenoxy) is 1. The molecule has 0 radical (unpaired) electrons. The summed E-state index contributed by atoms with van der Waals surface area (Å²) in [4.78, 5) is 12.0. The van der Waals surface area contributed by atoms with Gasteiger partial charge in [-0.05, 0) is 19.3 Å². The van der Waals surface area contributed by atoms with E-state index in [4.69, 9.17) is 4.74 Å². The van der Waals surface area contributed by atoms with Gasteiger partial charge < -0.3 is 4.74 Å². The van der Waals surface area contributed by atoms with Crippen LogP contribution >= 0.6 is 0 Å². The Bertz CT molecular complexity index is 223. The molecule has 106 valence electrons. The van der Waals surface area contributed by atoms with Crippen molar-refractivity contribution in [1.82, 2.24) is 0 Å². The van der Waals surface area contributed by atoms with E-state index in [0.29, 0.717) is 6.61 Å². The Labute approximate surface area is 112 Å². The highest BCUT2D eigenvalue weighted by molar-refractivity contribution is 5.78. The average molecular weight is 254 g/mol. The highest BCUT2D eigenvalue weighted by Gasteiger charge is 2.42. The molecular formula is C16H30O2. The topological polar surface area (TPSA) is 26.3 Å². The van der Waals surface area contributed by atoms with Gasteiger partial charge in [0.05, 0.1) is 12.0 Å². The molecule has 1 heterocycles. The minimum Gasteiger partial charge on any atom is -0.465 e. The molecule has 1 saturated heterocycles. The van der Waals surface area contributed by atoms with E-state index in [1.165, 1.54) is 51.4 Å². The van der Waals surface area contributed by atoms with E-state index in [0.717, 1.165) is 19.3 Å². The predicted octanol–water partition coefficient (Wildman–Crippen LogP) is 4.86. The SMILES string of the molecule is CCCCCCC1(CCCCCC)CCOC1=O. The van der Waals surface area contributed by atoms with E-state index in [1.54, 1.807) is 0 Å². The first-order chi connectivity index (χ1) is 8.75. The van der Waals surface area contributed by atoms with Crippen molar-refractivity contribution in [1.29, 1.82) is 0 Å². The van der Waals surface area contributed by atoms with Crippen LogP contribution in [-0.4, -0.2) is 12.6 Å². The van der Waals surface area contributed by atoms with Crippen molar-refractivity contribution in [3.63, 3.8) is 0 Å². The summed E-state index contributed by atoms with van der Waals surface area (Å²) in [5.41, 5.74) is -0.110. The molecule has 1 fully saturated rings. The second-order valence-electron chi connectivity index (χ2n) is 5.79. The summed E-state index contributed by atoms with van der Waals surface area (Å²) >= 11 is 0. The third-order valence-corrected chi connectivity index (χ3v) is 4.26. The van der Waals surface area contributed by atoms with Crippen LogP contribution in [0.4, 0.5) is 0 Å². The maximum atomic E-state index is 12.0. The molecule has 0 atom stereocenters. The fourth-order valence-corrected chi connectivity index (χ4v) is 2.95. The van der Waals surface area contributed by atoms with Crippen LogP contribution in [0.3, 0.4) is 0 Å². The van der Waals surface area contributed by atoms with Crippen molar-refractivity contribution in [2.24, 2.45) is 5.41 Å². The van der Waals surface area contributed by atoms with Gasteiger partial charge in [0.2, 0.25) is 0 Å². The lowest BCUT2D eigenvalue weighted by Crippen LogP contribution is -2.26. The number of esters is 1. The van der Waals surface area contributed by atoms with Crippen molar-refractivity contribution in [3.05, 3.63) is 0 Å². The molecule has 0 aliphatic carbocycles. The molecule has 1 aliphatic heterocycles. The zero-order chi connectivity index (χ0) is 13.3. The normalized spacial score (nSPS) is 18.0. The maximum absolute atomic E-state index is 12.0. The van der Waals surface area contributed by atoms with Crippen molar-refractivity contribution in [3.8, 4) is 0 Å². The first-order valence-corrected chi connectivity index (χ1v) is 7.92. The van der Waals surface area contributed by atoms with Crippen LogP contribution in [0, 0.1) is 5.41 Å². The van der Waals surface area contributed by atoms with E-state index in [-0.39, 0.29) is 11.4 Å². The minimum atomic E-state index is -0.110. The molecule has 0 unspecified atom stereocenters. The molecule has 0 N–H and O–H groups in total. The van der Waals surface area contributed by atoms with Crippen molar-refractivity contribution in [2.45, 2.75) is 84.5 Å². The van der Waals surface area contributed by atoms with Crippen LogP contribution in [0.15, 0.2) is 0 Å². The highest BCUT2D eigenvalue weighted by Crippen LogP contribution is 2.40. The van der Waals surface area contributed by atoms with Crippen molar-refractivity contribution in [2.75, 3.05) is 6.61 Å². The van der Waals surface area contributed by atoms with Gasteiger partial charge >= 0.3 is 5.97 Å². The van der Waals surface area contributed by atoms with Gasteiger partial charge in [0.15, 0.2) is 0 Å². The Morgan fingerprint density at radius 1 is 0.944 bits per heavy atom. The number of unbranched alkanes of at least 4 members (excludes halogenated alkanes) is 6. The zero-order valence-electron chi connectivity index (χ0n) is 12.3. The summed E-state index contributed by atoms with van der Waals surface area (Å²) in [5.74, 6) is 0.0931. The van der Waals surface area contributed by atoms with Crippen LogP contribution in [0.1, 0.15) is 84.5 Å². The highest BCUT2D eigenvalue weighted by atomic mass is 16.5. The van der Waals surface area contributed by atoms with Gasteiger partial charge in [-0.2, -0.15) is 0 Å². The molecule has 2 heteroatoms. The van der Waals surface area contributed by atoms with Gasteiger partial charge in [0, 0.05) is 0 Å². The predicted molar refractivity (Wildman–Crippen MR) is 75.5 cm³/mol. The molecule has 0 spiro atoms. The Balaban J connectivity index is 2.35. The number of carbonyl (C=O) groups excluding carboxylic acids is 1. The molecular weight excluding hydrogens is 224 g/mol. The summed E-state index contributed by atoms with van der Waals surface area (Å²) in [6.45, 7) is 5.11. The van der Waals surface area contributed by atoms with Crippen LogP contribution in [0.5, 0.6) is 0 Å². The van der Waals surface area contributed by atoms with E-state index < -0.39 is 0 Å². The molecule has 0 amide bonds. The molecule has 0 aromatic heterocycles. The summed E-state index contributed by atoms with van der Waals surface area (Å²) in [5, 5.41) is 0. The summed E-state index contributed by atoms with van der Waals surface area (Å²) in [6, 6.07) is 0. The van der Waals surface area contributed by atoms with Crippen molar-refractivity contribution >= 4 is 5.97 Å². The van der Waals surface area contributed by atoms with Gasteiger partial charge in [-0.1, -0.05) is 65.2 Å². The second-order valence-corrected chi connectivity index (χ2v) is 5.79. The zero-order valence-corrected chi connectivity index (χ0v) is 12.3. The monoisotopic (exact) mass is 254 g/mol. The number of rotatable bonds is 10. The Morgan fingerprint density at radius 3 is 1.89 bits per heavy atom. The smallest absolute Gasteiger partial charge is 0.312 e. The molecule has 0 aromatic carbocycles. The lowest BCUT2D eigenvalue weighted by atomic mass is 9.77. The van der Waals surface area contributed by atoms with Crippen LogP contribution in [0.25, 0.3) is 0 Å². The molecule has 0 bridgehead atoms. The molecule has 2 nitrogen and oxygen atoms in total.